The molecule has 0 unspecified atom stereocenters. The molecule has 3 aromatic rings. The highest BCUT2D eigenvalue weighted by atomic mass is 79.9. The molecule has 7 heteroatoms. The Labute approximate surface area is 147 Å². The van der Waals surface area contributed by atoms with Crippen LogP contribution < -0.4 is 9.47 Å². The van der Waals surface area contributed by atoms with Crippen LogP contribution in [0.15, 0.2) is 53.4 Å². The molecule has 0 aliphatic carbocycles. The van der Waals surface area contributed by atoms with Gasteiger partial charge < -0.3 is 9.47 Å². The number of nitrogens with zero attached hydrogens (tertiary/aromatic N) is 3. The average molecular weight is 392 g/mol. The van der Waals surface area contributed by atoms with E-state index in [0.717, 1.165) is 11.6 Å². The molecule has 0 saturated carbocycles. The molecule has 0 spiro atoms. The summed E-state index contributed by atoms with van der Waals surface area (Å²) in [5.41, 5.74) is 0. The molecular weight excluding hydrogens is 377 g/mol. The summed E-state index contributed by atoms with van der Waals surface area (Å²) in [5.74, 6) is 2.02. The Bertz CT molecular complexity index is 838. The maximum atomic E-state index is 13.6. The molecule has 1 aromatic carbocycles. The average Bonchev–Trinajstić information content (AvgIpc) is 2.99. The third-order valence-electron chi connectivity index (χ3n) is 3.29. The first kappa shape index (κ1) is 16.4. The SMILES string of the molecule is Cc1nccn1-c1cc(OCCOc2ccc(Br)cc2F)ccn1. The van der Waals surface area contributed by atoms with Crippen LogP contribution in [0.25, 0.3) is 5.82 Å². The van der Waals surface area contributed by atoms with Crippen LogP contribution in [0, 0.1) is 12.7 Å². The fraction of sp³-hybridized carbons (Fsp3) is 0.176. The van der Waals surface area contributed by atoms with Crippen molar-refractivity contribution >= 4 is 15.9 Å². The second kappa shape index (κ2) is 7.44. The standard InChI is InChI=1S/C17H15BrFN3O2/c1-12-20-6-7-22(12)17-11-14(4-5-21-17)23-8-9-24-16-3-2-13(18)10-15(16)19/h2-7,10-11H,8-9H2,1H3. The molecule has 0 saturated heterocycles. The summed E-state index contributed by atoms with van der Waals surface area (Å²) < 4.78 is 27.2. The second-order valence-corrected chi connectivity index (χ2v) is 5.88. The first-order valence-electron chi connectivity index (χ1n) is 7.30. The maximum absolute atomic E-state index is 13.6. The molecule has 0 bridgehead atoms. The van der Waals surface area contributed by atoms with Crippen molar-refractivity contribution in [2.75, 3.05) is 13.2 Å². The van der Waals surface area contributed by atoms with Crippen LogP contribution in [0.2, 0.25) is 0 Å². The third kappa shape index (κ3) is 3.91. The number of ether oxygens (including phenoxy) is 2. The van der Waals surface area contributed by atoms with Gasteiger partial charge in [0.2, 0.25) is 0 Å². The van der Waals surface area contributed by atoms with E-state index in [4.69, 9.17) is 9.47 Å². The molecule has 24 heavy (non-hydrogen) atoms. The number of pyridine rings is 1. The molecule has 0 fully saturated rings. The minimum Gasteiger partial charge on any atom is -0.490 e. The molecule has 2 aromatic heterocycles. The highest BCUT2D eigenvalue weighted by molar-refractivity contribution is 9.10. The number of aryl methyl sites for hydroxylation is 1. The maximum Gasteiger partial charge on any atom is 0.166 e. The van der Waals surface area contributed by atoms with Crippen LogP contribution in [-0.2, 0) is 0 Å². The summed E-state index contributed by atoms with van der Waals surface area (Å²) in [4.78, 5) is 8.47. The van der Waals surface area contributed by atoms with Gasteiger partial charge in [0.1, 0.15) is 30.6 Å². The Kier molecular flexibility index (Phi) is 5.10. The lowest BCUT2D eigenvalue weighted by molar-refractivity contribution is 0.211. The number of benzene rings is 1. The number of hydrogen-bond acceptors (Lipinski definition) is 4. The minimum atomic E-state index is -0.411. The van der Waals surface area contributed by atoms with Gasteiger partial charge in [0.15, 0.2) is 11.6 Å². The molecule has 124 valence electrons. The fourth-order valence-corrected chi connectivity index (χ4v) is 2.48. The van der Waals surface area contributed by atoms with Gasteiger partial charge in [-0.2, -0.15) is 0 Å². The van der Waals surface area contributed by atoms with E-state index in [1.165, 1.54) is 6.07 Å². The largest absolute Gasteiger partial charge is 0.490 e. The van der Waals surface area contributed by atoms with Gasteiger partial charge in [0, 0.05) is 29.1 Å². The molecule has 3 rings (SSSR count). The quantitative estimate of drug-likeness (QED) is 0.597. The van der Waals surface area contributed by atoms with E-state index in [1.54, 1.807) is 30.6 Å². The van der Waals surface area contributed by atoms with Crippen molar-refractivity contribution in [1.82, 2.24) is 14.5 Å². The van der Waals surface area contributed by atoms with Crippen molar-refractivity contribution in [2.45, 2.75) is 6.92 Å². The number of hydrogen-bond donors (Lipinski definition) is 0. The highest BCUT2D eigenvalue weighted by Gasteiger charge is 2.05. The van der Waals surface area contributed by atoms with Crippen LogP contribution in [0.3, 0.4) is 0 Å². The van der Waals surface area contributed by atoms with Crippen molar-refractivity contribution in [2.24, 2.45) is 0 Å². The van der Waals surface area contributed by atoms with Crippen molar-refractivity contribution < 1.29 is 13.9 Å². The van der Waals surface area contributed by atoms with E-state index in [1.807, 2.05) is 23.8 Å². The summed E-state index contributed by atoms with van der Waals surface area (Å²) in [6.45, 7) is 2.43. The fourth-order valence-electron chi connectivity index (χ4n) is 2.14. The van der Waals surface area contributed by atoms with Gasteiger partial charge in [-0.3, -0.25) is 4.57 Å². The second-order valence-electron chi connectivity index (χ2n) is 4.97. The summed E-state index contributed by atoms with van der Waals surface area (Å²) in [6, 6.07) is 8.23. The van der Waals surface area contributed by atoms with Gasteiger partial charge in [-0.1, -0.05) is 15.9 Å². The van der Waals surface area contributed by atoms with Crippen molar-refractivity contribution in [3.63, 3.8) is 0 Å². The van der Waals surface area contributed by atoms with E-state index >= 15 is 0 Å². The van der Waals surface area contributed by atoms with Gasteiger partial charge in [-0.25, -0.2) is 14.4 Å². The monoisotopic (exact) mass is 391 g/mol. The highest BCUT2D eigenvalue weighted by Crippen LogP contribution is 2.21. The Morgan fingerprint density at radius 3 is 2.67 bits per heavy atom. The van der Waals surface area contributed by atoms with Gasteiger partial charge in [-0.15, -0.1) is 0 Å². The Morgan fingerprint density at radius 1 is 1.08 bits per heavy atom. The topological polar surface area (TPSA) is 49.2 Å². The lowest BCUT2D eigenvalue weighted by atomic mass is 10.3. The molecule has 0 amide bonds. The van der Waals surface area contributed by atoms with Crippen LogP contribution in [-0.4, -0.2) is 27.7 Å². The Hall–Kier alpha value is -2.41. The molecule has 2 heterocycles. The Balaban J connectivity index is 1.56. The van der Waals surface area contributed by atoms with Gasteiger partial charge in [-0.05, 0) is 31.2 Å². The van der Waals surface area contributed by atoms with E-state index < -0.39 is 5.82 Å². The first-order valence-corrected chi connectivity index (χ1v) is 8.10. The normalized spacial score (nSPS) is 10.6. The van der Waals surface area contributed by atoms with Crippen molar-refractivity contribution in [1.29, 1.82) is 0 Å². The number of imidazole rings is 1. The van der Waals surface area contributed by atoms with Gasteiger partial charge >= 0.3 is 0 Å². The summed E-state index contributed by atoms with van der Waals surface area (Å²) in [6.07, 6.45) is 5.21. The van der Waals surface area contributed by atoms with Crippen LogP contribution in [0.5, 0.6) is 11.5 Å². The summed E-state index contributed by atoms with van der Waals surface area (Å²) >= 11 is 3.20. The first-order chi connectivity index (χ1) is 11.6. The lowest BCUT2D eigenvalue weighted by Gasteiger charge is -2.10. The zero-order valence-corrected chi connectivity index (χ0v) is 14.5. The van der Waals surface area contributed by atoms with E-state index in [-0.39, 0.29) is 12.4 Å². The van der Waals surface area contributed by atoms with Crippen LogP contribution in [0.4, 0.5) is 4.39 Å². The van der Waals surface area contributed by atoms with Crippen LogP contribution >= 0.6 is 15.9 Å². The smallest absolute Gasteiger partial charge is 0.166 e. The molecular formula is C17H15BrFN3O2. The zero-order chi connectivity index (χ0) is 16.9. The third-order valence-corrected chi connectivity index (χ3v) is 3.79. The number of rotatable bonds is 6. The van der Waals surface area contributed by atoms with Gasteiger partial charge in [0.05, 0.1) is 0 Å². The van der Waals surface area contributed by atoms with Crippen molar-refractivity contribution in [3.8, 4) is 17.3 Å². The minimum absolute atomic E-state index is 0.200. The summed E-state index contributed by atoms with van der Waals surface area (Å²) in [5, 5.41) is 0. The molecule has 0 radical (unpaired) electrons. The molecule has 0 aliphatic heterocycles. The van der Waals surface area contributed by atoms with E-state index in [9.17, 15) is 4.39 Å². The lowest BCUT2D eigenvalue weighted by Crippen LogP contribution is -2.10. The van der Waals surface area contributed by atoms with E-state index in [0.29, 0.717) is 16.8 Å². The molecule has 0 N–H and O–H groups in total. The number of halogens is 2. The molecule has 0 aliphatic rings. The van der Waals surface area contributed by atoms with Crippen LogP contribution in [0.1, 0.15) is 5.82 Å². The van der Waals surface area contributed by atoms with Gasteiger partial charge in [0.25, 0.3) is 0 Å². The Morgan fingerprint density at radius 2 is 1.92 bits per heavy atom. The zero-order valence-electron chi connectivity index (χ0n) is 12.9. The predicted molar refractivity (Wildman–Crippen MR) is 91.2 cm³/mol. The summed E-state index contributed by atoms with van der Waals surface area (Å²) in [7, 11) is 0. The number of aromatic nitrogens is 3. The van der Waals surface area contributed by atoms with Crippen molar-refractivity contribution in [3.05, 3.63) is 65.0 Å². The predicted octanol–water partition coefficient (Wildman–Crippen LogP) is 3.94. The molecule has 5 nitrogen and oxygen atoms in total. The van der Waals surface area contributed by atoms with E-state index in [2.05, 4.69) is 25.9 Å². The molecule has 0 atom stereocenters.